The molecule has 0 bridgehead atoms. The number of hydrogen-bond acceptors (Lipinski definition) is 1. The summed E-state index contributed by atoms with van der Waals surface area (Å²) in [4.78, 5) is 11.1. The summed E-state index contributed by atoms with van der Waals surface area (Å²) in [6, 6.07) is 10.8. The molecule has 0 fully saturated rings. The highest BCUT2D eigenvalue weighted by molar-refractivity contribution is 9.09. The number of alkyl halides is 1. The normalized spacial score (nSPS) is 9.71. The van der Waals surface area contributed by atoms with Crippen LogP contribution in [0.25, 0.3) is 10.8 Å². The standard InChI is InChI=1S/C14H9BrO2/c15-9-3-5-10-4-1-7-12-11(10)6-2-8-13(12)14(16)17/h1-2,4,6-8H,9H2,(H,16,17). The minimum absolute atomic E-state index is 0.310. The van der Waals surface area contributed by atoms with E-state index < -0.39 is 5.97 Å². The zero-order valence-corrected chi connectivity index (χ0v) is 10.5. The summed E-state index contributed by atoms with van der Waals surface area (Å²) in [6.45, 7) is 0. The van der Waals surface area contributed by atoms with Crippen molar-refractivity contribution in [2.45, 2.75) is 0 Å². The molecule has 0 spiro atoms. The monoisotopic (exact) mass is 288 g/mol. The second-order valence-electron chi connectivity index (χ2n) is 3.45. The van der Waals surface area contributed by atoms with Crippen molar-refractivity contribution in [1.82, 2.24) is 0 Å². The lowest BCUT2D eigenvalue weighted by Crippen LogP contribution is -1.97. The Balaban J connectivity index is 2.74. The van der Waals surface area contributed by atoms with E-state index >= 15 is 0 Å². The van der Waals surface area contributed by atoms with Crippen molar-refractivity contribution in [3.8, 4) is 11.8 Å². The molecule has 17 heavy (non-hydrogen) atoms. The van der Waals surface area contributed by atoms with Gasteiger partial charge in [-0.1, -0.05) is 52.0 Å². The maximum Gasteiger partial charge on any atom is 0.336 e. The number of hydrogen-bond donors (Lipinski definition) is 1. The molecule has 2 rings (SSSR count). The second-order valence-corrected chi connectivity index (χ2v) is 4.01. The number of fused-ring (bicyclic) bond motifs is 1. The molecule has 2 nitrogen and oxygen atoms in total. The molecule has 0 aromatic heterocycles. The third-order valence-corrected chi connectivity index (χ3v) is 2.72. The van der Waals surface area contributed by atoms with Gasteiger partial charge in [-0.2, -0.15) is 0 Å². The quantitative estimate of drug-likeness (QED) is 0.646. The van der Waals surface area contributed by atoms with Crippen LogP contribution in [0.5, 0.6) is 0 Å². The molecule has 0 aliphatic heterocycles. The molecule has 0 atom stereocenters. The molecule has 2 aromatic rings. The van der Waals surface area contributed by atoms with Crippen LogP contribution in [-0.4, -0.2) is 16.4 Å². The van der Waals surface area contributed by atoms with Crippen LogP contribution in [0.4, 0.5) is 0 Å². The Bertz CT molecular complexity index is 635. The summed E-state index contributed by atoms with van der Waals surface area (Å²) in [5.41, 5.74) is 1.16. The van der Waals surface area contributed by atoms with Crippen LogP contribution in [0.3, 0.4) is 0 Å². The van der Waals surface area contributed by atoms with Crippen molar-refractivity contribution in [2.24, 2.45) is 0 Å². The van der Waals surface area contributed by atoms with E-state index in [1.807, 2.05) is 18.2 Å². The van der Waals surface area contributed by atoms with E-state index in [2.05, 4.69) is 27.8 Å². The Morgan fingerprint density at radius 1 is 1.18 bits per heavy atom. The molecular weight excluding hydrogens is 280 g/mol. The highest BCUT2D eigenvalue weighted by Gasteiger charge is 2.08. The van der Waals surface area contributed by atoms with Crippen LogP contribution in [0.1, 0.15) is 15.9 Å². The van der Waals surface area contributed by atoms with E-state index in [0.29, 0.717) is 10.9 Å². The van der Waals surface area contributed by atoms with Crippen molar-refractivity contribution >= 4 is 32.7 Å². The molecule has 0 unspecified atom stereocenters. The molecule has 1 N–H and O–H groups in total. The average molecular weight is 289 g/mol. The van der Waals surface area contributed by atoms with Crippen molar-refractivity contribution in [3.05, 3.63) is 47.5 Å². The number of benzene rings is 2. The topological polar surface area (TPSA) is 37.3 Å². The van der Waals surface area contributed by atoms with E-state index in [9.17, 15) is 4.79 Å². The minimum Gasteiger partial charge on any atom is -0.478 e. The fourth-order valence-electron chi connectivity index (χ4n) is 1.73. The Morgan fingerprint density at radius 3 is 2.59 bits per heavy atom. The van der Waals surface area contributed by atoms with Gasteiger partial charge in [-0.3, -0.25) is 0 Å². The Hall–Kier alpha value is -1.79. The van der Waals surface area contributed by atoms with E-state index in [1.54, 1.807) is 18.2 Å². The first-order chi connectivity index (χ1) is 8.24. The first-order valence-corrected chi connectivity index (χ1v) is 6.16. The second kappa shape index (κ2) is 5.03. The minimum atomic E-state index is -0.916. The average Bonchev–Trinajstić information content (AvgIpc) is 2.35. The zero-order valence-electron chi connectivity index (χ0n) is 8.90. The van der Waals surface area contributed by atoms with Gasteiger partial charge in [-0.05, 0) is 22.9 Å². The summed E-state index contributed by atoms with van der Waals surface area (Å²) in [7, 11) is 0. The number of aromatic carboxylic acids is 1. The summed E-state index contributed by atoms with van der Waals surface area (Å²) in [5, 5.41) is 11.3. The predicted octanol–water partition coefficient (Wildman–Crippen LogP) is 3.28. The fourth-order valence-corrected chi connectivity index (χ4v) is 1.87. The molecule has 0 heterocycles. The number of rotatable bonds is 1. The van der Waals surface area contributed by atoms with Crippen molar-refractivity contribution in [2.75, 3.05) is 5.33 Å². The third-order valence-electron chi connectivity index (χ3n) is 2.44. The molecule has 0 saturated carbocycles. The highest BCUT2D eigenvalue weighted by atomic mass is 79.9. The van der Waals surface area contributed by atoms with Gasteiger partial charge in [0.25, 0.3) is 0 Å². The van der Waals surface area contributed by atoms with Gasteiger partial charge in [0.2, 0.25) is 0 Å². The van der Waals surface area contributed by atoms with E-state index in [1.165, 1.54) is 0 Å². The van der Waals surface area contributed by atoms with Crippen LogP contribution in [0.2, 0.25) is 0 Å². The molecule has 0 aliphatic carbocycles. The van der Waals surface area contributed by atoms with Gasteiger partial charge in [0.15, 0.2) is 0 Å². The van der Waals surface area contributed by atoms with E-state index in [-0.39, 0.29) is 0 Å². The molecule has 0 saturated heterocycles. The maximum atomic E-state index is 11.1. The summed E-state index contributed by atoms with van der Waals surface area (Å²) in [5.74, 6) is 5.02. The van der Waals surface area contributed by atoms with E-state index in [0.717, 1.165) is 16.3 Å². The lowest BCUT2D eigenvalue weighted by Gasteiger charge is -2.03. The molecule has 0 amide bonds. The van der Waals surface area contributed by atoms with Crippen molar-refractivity contribution in [1.29, 1.82) is 0 Å². The first-order valence-electron chi connectivity index (χ1n) is 5.04. The van der Waals surface area contributed by atoms with Crippen LogP contribution in [-0.2, 0) is 0 Å². The maximum absolute atomic E-state index is 11.1. The van der Waals surface area contributed by atoms with Gasteiger partial charge in [-0.15, -0.1) is 0 Å². The summed E-state index contributed by atoms with van der Waals surface area (Å²) in [6.07, 6.45) is 0. The number of carboxylic acids is 1. The van der Waals surface area contributed by atoms with Crippen LogP contribution >= 0.6 is 15.9 Å². The lowest BCUT2D eigenvalue weighted by atomic mass is 10.0. The molecule has 3 heteroatoms. The van der Waals surface area contributed by atoms with Crippen LogP contribution < -0.4 is 0 Å². The summed E-state index contributed by atoms with van der Waals surface area (Å²) < 4.78 is 0. The van der Waals surface area contributed by atoms with Crippen molar-refractivity contribution in [3.63, 3.8) is 0 Å². The number of carbonyl (C=O) groups is 1. The molecule has 84 valence electrons. The largest absolute Gasteiger partial charge is 0.478 e. The van der Waals surface area contributed by atoms with Gasteiger partial charge < -0.3 is 5.11 Å². The molecule has 2 aromatic carbocycles. The molecule has 0 radical (unpaired) electrons. The van der Waals surface area contributed by atoms with Gasteiger partial charge in [0, 0.05) is 5.56 Å². The fraction of sp³-hybridized carbons (Fsp3) is 0.0714. The van der Waals surface area contributed by atoms with Crippen molar-refractivity contribution < 1.29 is 9.90 Å². The number of carboxylic acid groups (broad SMARTS) is 1. The van der Waals surface area contributed by atoms with Gasteiger partial charge in [0.05, 0.1) is 10.9 Å². The molecule has 0 aliphatic rings. The SMILES string of the molecule is O=C(O)c1cccc2c(C#CCBr)cccc12. The zero-order chi connectivity index (χ0) is 12.3. The smallest absolute Gasteiger partial charge is 0.336 e. The molecular formula is C14H9BrO2. The lowest BCUT2D eigenvalue weighted by molar-refractivity contribution is 0.0699. The predicted molar refractivity (Wildman–Crippen MR) is 71.6 cm³/mol. The Morgan fingerprint density at radius 2 is 1.88 bits per heavy atom. The van der Waals surface area contributed by atoms with Gasteiger partial charge >= 0.3 is 5.97 Å². The Kier molecular flexibility index (Phi) is 3.46. The summed E-state index contributed by atoms with van der Waals surface area (Å²) >= 11 is 3.24. The highest BCUT2D eigenvalue weighted by Crippen LogP contribution is 2.22. The first kappa shape index (κ1) is 11.7. The Labute approximate surface area is 107 Å². The van der Waals surface area contributed by atoms with Gasteiger partial charge in [-0.25, -0.2) is 4.79 Å². The van der Waals surface area contributed by atoms with Crippen LogP contribution in [0, 0.1) is 11.8 Å². The number of halogens is 1. The van der Waals surface area contributed by atoms with E-state index in [4.69, 9.17) is 5.11 Å². The van der Waals surface area contributed by atoms with Gasteiger partial charge in [0.1, 0.15) is 0 Å². The third kappa shape index (κ3) is 2.32. The van der Waals surface area contributed by atoms with Crippen LogP contribution in [0.15, 0.2) is 36.4 Å².